The van der Waals surface area contributed by atoms with Crippen molar-refractivity contribution in [1.29, 1.82) is 0 Å². The highest BCUT2D eigenvalue weighted by atomic mass is 35.5. The molecule has 88 valence electrons. The fraction of sp³-hybridized carbons (Fsp3) is 0.273. The second-order valence-electron chi connectivity index (χ2n) is 3.42. The first-order chi connectivity index (χ1) is 7.07. The number of hydrogen-bond acceptors (Lipinski definition) is 1. The van der Waals surface area contributed by atoms with E-state index in [0.717, 1.165) is 6.07 Å². The van der Waals surface area contributed by atoms with Crippen molar-refractivity contribution in [2.75, 3.05) is 18.0 Å². The first-order valence-corrected chi connectivity index (χ1v) is 4.64. The van der Waals surface area contributed by atoms with Crippen LogP contribution in [0.2, 0.25) is 0 Å². The van der Waals surface area contributed by atoms with Gasteiger partial charge in [0.15, 0.2) is 0 Å². The van der Waals surface area contributed by atoms with Crippen molar-refractivity contribution in [1.82, 2.24) is 0 Å². The van der Waals surface area contributed by atoms with E-state index in [-0.39, 0.29) is 12.4 Å². The van der Waals surface area contributed by atoms with Gasteiger partial charge >= 0.3 is 6.18 Å². The summed E-state index contributed by atoms with van der Waals surface area (Å²) >= 11 is 0. The second kappa shape index (κ2) is 4.78. The van der Waals surface area contributed by atoms with Crippen LogP contribution in [0.3, 0.4) is 0 Å². The lowest BCUT2D eigenvalue weighted by Gasteiger charge is -2.18. The highest BCUT2D eigenvalue weighted by molar-refractivity contribution is 5.85. The Labute approximate surface area is 98.0 Å². The van der Waals surface area contributed by atoms with Crippen LogP contribution in [0, 0.1) is 0 Å². The van der Waals surface area contributed by atoms with E-state index in [2.05, 4.69) is 0 Å². The largest absolute Gasteiger partial charge is 0.416 e. The van der Waals surface area contributed by atoms with Gasteiger partial charge in [-0.1, -0.05) is 18.2 Å². The van der Waals surface area contributed by atoms with Gasteiger partial charge in [0.25, 0.3) is 0 Å². The summed E-state index contributed by atoms with van der Waals surface area (Å²) in [6.07, 6.45) is -0.371. The molecule has 0 unspecified atom stereocenters. The van der Waals surface area contributed by atoms with E-state index < -0.39 is 11.7 Å². The summed E-state index contributed by atoms with van der Waals surface area (Å²) in [6.45, 7) is 1.36. The zero-order chi connectivity index (χ0) is 10.9. The molecule has 1 aliphatic heterocycles. The normalized spacial score (nSPS) is 15.1. The smallest absolute Gasteiger partial charge is 0.364 e. The van der Waals surface area contributed by atoms with Crippen LogP contribution in [0.5, 0.6) is 0 Å². The second-order valence-corrected chi connectivity index (χ2v) is 3.42. The van der Waals surface area contributed by atoms with E-state index >= 15 is 0 Å². The molecule has 1 heterocycles. The van der Waals surface area contributed by atoms with Crippen LogP contribution in [-0.2, 0) is 6.18 Å². The Bertz CT molecular complexity index is 379. The van der Waals surface area contributed by atoms with E-state index in [0.29, 0.717) is 18.8 Å². The molecule has 0 spiro atoms. The highest BCUT2D eigenvalue weighted by Crippen LogP contribution is 2.31. The summed E-state index contributed by atoms with van der Waals surface area (Å²) < 4.78 is 37.3. The molecule has 0 saturated heterocycles. The van der Waals surface area contributed by atoms with Gasteiger partial charge in [-0.05, 0) is 18.2 Å². The quantitative estimate of drug-likeness (QED) is 0.689. The summed E-state index contributed by atoms with van der Waals surface area (Å²) in [7, 11) is 0. The topological polar surface area (TPSA) is 3.24 Å². The Morgan fingerprint density at radius 1 is 1.06 bits per heavy atom. The molecule has 0 atom stereocenters. The molecule has 1 aromatic rings. The van der Waals surface area contributed by atoms with E-state index in [9.17, 15) is 13.2 Å². The average Bonchev–Trinajstić information content (AvgIpc) is 2.69. The van der Waals surface area contributed by atoms with Crippen molar-refractivity contribution in [3.8, 4) is 0 Å². The first kappa shape index (κ1) is 12.9. The molecular formula is C11H11ClF3N. The minimum atomic E-state index is -4.26. The third kappa shape index (κ3) is 2.70. The lowest BCUT2D eigenvalue weighted by molar-refractivity contribution is -0.137. The molecule has 0 N–H and O–H groups in total. The van der Waals surface area contributed by atoms with Crippen LogP contribution >= 0.6 is 12.4 Å². The number of anilines is 1. The highest BCUT2D eigenvalue weighted by Gasteiger charge is 2.30. The minimum Gasteiger partial charge on any atom is -0.364 e. The maximum atomic E-state index is 12.4. The Hall–Kier alpha value is -1.16. The molecule has 5 heteroatoms. The molecule has 0 aromatic heterocycles. The number of rotatable bonds is 1. The van der Waals surface area contributed by atoms with Gasteiger partial charge in [-0.3, -0.25) is 0 Å². The minimum absolute atomic E-state index is 0. The molecule has 0 radical (unpaired) electrons. The molecule has 1 nitrogen and oxygen atoms in total. The molecule has 1 aliphatic rings. The maximum Gasteiger partial charge on any atom is 0.416 e. The lowest BCUT2D eigenvalue weighted by atomic mass is 10.2. The van der Waals surface area contributed by atoms with E-state index in [1.54, 1.807) is 6.07 Å². The van der Waals surface area contributed by atoms with Crippen molar-refractivity contribution in [3.05, 3.63) is 42.0 Å². The van der Waals surface area contributed by atoms with Gasteiger partial charge in [0.2, 0.25) is 0 Å². The molecule has 16 heavy (non-hydrogen) atoms. The van der Waals surface area contributed by atoms with Crippen LogP contribution in [0.1, 0.15) is 5.56 Å². The molecule has 0 bridgehead atoms. The number of hydrogen-bond donors (Lipinski definition) is 0. The summed E-state index contributed by atoms with van der Waals surface area (Å²) in [5.41, 5.74) is 0.0294. The number of alkyl halides is 3. The average molecular weight is 250 g/mol. The summed E-state index contributed by atoms with van der Waals surface area (Å²) in [5, 5.41) is 0. The third-order valence-electron chi connectivity index (χ3n) is 2.36. The Morgan fingerprint density at radius 3 is 2.25 bits per heavy atom. The van der Waals surface area contributed by atoms with Gasteiger partial charge in [0.1, 0.15) is 0 Å². The lowest BCUT2D eigenvalue weighted by Crippen LogP contribution is -2.19. The van der Waals surface area contributed by atoms with Gasteiger partial charge in [0, 0.05) is 18.8 Å². The van der Waals surface area contributed by atoms with Crippen molar-refractivity contribution < 1.29 is 13.2 Å². The predicted octanol–water partition coefficient (Wildman–Crippen LogP) is 3.50. The standard InChI is InChI=1S/C11H10F3N.ClH/c12-11(13,14)9-4-3-5-10(8-9)15-6-1-2-7-15;/h1-5,8H,6-7H2;1H. The van der Waals surface area contributed by atoms with Gasteiger partial charge in [-0.25, -0.2) is 0 Å². The number of nitrogens with zero attached hydrogens (tertiary/aromatic N) is 1. The van der Waals surface area contributed by atoms with Crippen LogP contribution in [0.15, 0.2) is 36.4 Å². The summed E-state index contributed by atoms with van der Waals surface area (Å²) in [5.74, 6) is 0. The Kier molecular flexibility index (Phi) is 3.86. The van der Waals surface area contributed by atoms with Crippen molar-refractivity contribution in [2.45, 2.75) is 6.18 Å². The monoisotopic (exact) mass is 249 g/mol. The number of benzene rings is 1. The molecule has 2 rings (SSSR count). The SMILES string of the molecule is Cl.FC(F)(F)c1cccc(N2CC=CC2)c1. The molecule has 0 saturated carbocycles. The van der Waals surface area contributed by atoms with Gasteiger partial charge in [-0.15, -0.1) is 12.4 Å². The zero-order valence-corrected chi connectivity index (χ0v) is 9.18. The fourth-order valence-corrected chi connectivity index (χ4v) is 1.57. The van der Waals surface area contributed by atoms with Gasteiger partial charge in [0.05, 0.1) is 5.56 Å². The molecule has 1 aromatic carbocycles. The van der Waals surface area contributed by atoms with Crippen LogP contribution in [-0.4, -0.2) is 13.1 Å². The van der Waals surface area contributed by atoms with Crippen LogP contribution in [0.4, 0.5) is 18.9 Å². The van der Waals surface area contributed by atoms with Crippen LogP contribution in [0.25, 0.3) is 0 Å². The molecular weight excluding hydrogens is 239 g/mol. The number of halogens is 4. The van der Waals surface area contributed by atoms with Gasteiger partial charge < -0.3 is 4.90 Å². The van der Waals surface area contributed by atoms with Crippen LogP contribution < -0.4 is 4.90 Å². The summed E-state index contributed by atoms with van der Waals surface area (Å²) in [6, 6.07) is 5.42. The van der Waals surface area contributed by atoms with E-state index in [1.165, 1.54) is 12.1 Å². The molecule has 0 amide bonds. The van der Waals surface area contributed by atoms with E-state index in [1.807, 2.05) is 17.1 Å². The van der Waals surface area contributed by atoms with E-state index in [4.69, 9.17) is 0 Å². The molecule has 0 fully saturated rings. The first-order valence-electron chi connectivity index (χ1n) is 4.64. The maximum absolute atomic E-state index is 12.4. The Morgan fingerprint density at radius 2 is 1.69 bits per heavy atom. The fourth-order valence-electron chi connectivity index (χ4n) is 1.57. The molecule has 0 aliphatic carbocycles. The van der Waals surface area contributed by atoms with Crippen molar-refractivity contribution in [3.63, 3.8) is 0 Å². The summed E-state index contributed by atoms with van der Waals surface area (Å²) in [4.78, 5) is 1.88. The van der Waals surface area contributed by atoms with Gasteiger partial charge in [-0.2, -0.15) is 13.2 Å². The van der Waals surface area contributed by atoms with Crippen molar-refractivity contribution in [2.24, 2.45) is 0 Å². The van der Waals surface area contributed by atoms with Crippen molar-refractivity contribution >= 4 is 18.1 Å². The Balaban J connectivity index is 0.00000128. The zero-order valence-electron chi connectivity index (χ0n) is 8.37. The predicted molar refractivity (Wildman–Crippen MR) is 60.0 cm³/mol. The third-order valence-corrected chi connectivity index (χ3v) is 2.36.